The number of nitrogens with zero attached hydrogens (tertiary/aromatic N) is 3. The van der Waals surface area contributed by atoms with Crippen molar-refractivity contribution in [2.24, 2.45) is 0 Å². The molecule has 184 valence electrons. The van der Waals surface area contributed by atoms with E-state index >= 15 is 0 Å². The van der Waals surface area contributed by atoms with Gasteiger partial charge in [-0.3, -0.25) is 14.6 Å². The number of nitrogens with one attached hydrogen (secondary N) is 2. The van der Waals surface area contributed by atoms with Gasteiger partial charge in [-0.05, 0) is 54.8 Å². The lowest BCUT2D eigenvalue weighted by Crippen LogP contribution is -2.44. The number of carbonyl (C=O) groups excluding carboxylic acids is 2. The van der Waals surface area contributed by atoms with Crippen LogP contribution in [0.2, 0.25) is 0 Å². The van der Waals surface area contributed by atoms with Gasteiger partial charge >= 0.3 is 10.2 Å². The van der Waals surface area contributed by atoms with Crippen LogP contribution >= 0.6 is 0 Å². The van der Waals surface area contributed by atoms with Gasteiger partial charge < -0.3 is 10.6 Å². The highest BCUT2D eigenvalue weighted by Gasteiger charge is 2.29. The highest BCUT2D eigenvalue weighted by Crippen LogP contribution is 2.25. The number of benzene rings is 2. The minimum Gasteiger partial charge on any atom is -0.348 e. The molecule has 0 unspecified atom stereocenters. The second kappa shape index (κ2) is 11.1. The minimum atomic E-state index is -3.96. The number of pyridine rings is 1. The third-order valence-electron chi connectivity index (χ3n) is 5.28. The van der Waals surface area contributed by atoms with Gasteiger partial charge in [-0.2, -0.15) is 12.7 Å². The molecule has 9 nitrogen and oxygen atoms in total. The number of amides is 2. The largest absolute Gasteiger partial charge is 0.348 e. The molecule has 0 radical (unpaired) electrons. The zero-order chi connectivity index (χ0) is 25.6. The predicted molar refractivity (Wildman–Crippen MR) is 136 cm³/mol. The van der Waals surface area contributed by atoms with Crippen LogP contribution in [0, 0.1) is 13.8 Å². The highest BCUT2D eigenvalue weighted by atomic mass is 32.2. The van der Waals surface area contributed by atoms with E-state index in [0.29, 0.717) is 11.3 Å². The zero-order valence-electron chi connectivity index (χ0n) is 20.1. The number of anilines is 2. The molecule has 0 saturated heterocycles. The molecule has 0 aliphatic carbocycles. The maximum atomic E-state index is 13.1. The molecule has 1 aromatic heterocycles. The molecule has 0 atom stereocenters. The van der Waals surface area contributed by atoms with E-state index in [4.69, 9.17) is 0 Å². The fraction of sp³-hybridized carbons (Fsp3) is 0.240. The molecular weight excluding hydrogens is 466 g/mol. The first-order chi connectivity index (χ1) is 16.6. The molecule has 2 aromatic carbocycles. The van der Waals surface area contributed by atoms with E-state index in [-0.39, 0.29) is 23.7 Å². The third-order valence-corrected chi connectivity index (χ3v) is 7.09. The second-order valence-corrected chi connectivity index (χ2v) is 10.3. The summed E-state index contributed by atoms with van der Waals surface area (Å²) in [6.45, 7) is 3.45. The summed E-state index contributed by atoms with van der Waals surface area (Å²) >= 11 is 0. The standard InChI is InChI=1S/C25H29N5O4S/c1-18-11-12-19(2)23(14-18)30(35(33,34)29(3)4)17-24(31)28-22-10-6-5-9-21(22)25(32)27-16-20-8-7-13-26-15-20/h5-15H,16-17H2,1-4H3,(H,27,32)(H,28,31). The Labute approximate surface area is 206 Å². The Morgan fingerprint density at radius 2 is 1.74 bits per heavy atom. The van der Waals surface area contributed by atoms with E-state index in [1.807, 2.05) is 25.1 Å². The van der Waals surface area contributed by atoms with Gasteiger partial charge in [0.2, 0.25) is 5.91 Å². The predicted octanol–water partition coefficient (Wildman–Crippen LogP) is 2.88. The van der Waals surface area contributed by atoms with Crippen molar-refractivity contribution in [2.45, 2.75) is 20.4 Å². The van der Waals surface area contributed by atoms with Gasteiger partial charge in [-0.15, -0.1) is 0 Å². The molecule has 0 bridgehead atoms. The normalized spacial score (nSPS) is 11.2. The van der Waals surface area contributed by atoms with Crippen molar-refractivity contribution in [3.8, 4) is 0 Å². The molecule has 0 aliphatic rings. The van der Waals surface area contributed by atoms with E-state index < -0.39 is 22.7 Å². The summed E-state index contributed by atoms with van der Waals surface area (Å²) in [5.74, 6) is -0.958. The maximum Gasteiger partial charge on any atom is 0.304 e. The Hall–Kier alpha value is -3.76. The van der Waals surface area contributed by atoms with Crippen LogP contribution in [0.1, 0.15) is 27.0 Å². The summed E-state index contributed by atoms with van der Waals surface area (Å²) in [6.07, 6.45) is 3.30. The van der Waals surface area contributed by atoms with Crippen LogP contribution in [-0.2, 0) is 21.5 Å². The van der Waals surface area contributed by atoms with Gasteiger partial charge in [-0.1, -0.05) is 30.3 Å². The topological polar surface area (TPSA) is 112 Å². The molecule has 0 aliphatic heterocycles. The minimum absolute atomic E-state index is 0.262. The molecule has 0 saturated carbocycles. The van der Waals surface area contributed by atoms with E-state index in [1.54, 1.807) is 55.7 Å². The van der Waals surface area contributed by atoms with Gasteiger partial charge in [0.25, 0.3) is 5.91 Å². The Morgan fingerprint density at radius 1 is 1.00 bits per heavy atom. The quantitative estimate of drug-likeness (QED) is 0.474. The lowest BCUT2D eigenvalue weighted by atomic mass is 10.1. The Kier molecular flexibility index (Phi) is 8.21. The van der Waals surface area contributed by atoms with Gasteiger partial charge in [0, 0.05) is 33.0 Å². The average Bonchev–Trinajstić information content (AvgIpc) is 2.83. The summed E-state index contributed by atoms with van der Waals surface area (Å²) in [6, 6.07) is 15.6. The number of aryl methyl sites for hydroxylation is 2. The monoisotopic (exact) mass is 495 g/mol. The van der Waals surface area contributed by atoms with Crippen LogP contribution in [-0.4, -0.2) is 50.2 Å². The molecule has 0 spiro atoms. The Balaban J connectivity index is 1.82. The summed E-state index contributed by atoms with van der Waals surface area (Å²) in [4.78, 5) is 29.9. The number of hydrogen-bond acceptors (Lipinski definition) is 5. The van der Waals surface area contributed by atoms with E-state index in [0.717, 1.165) is 19.7 Å². The molecule has 2 amide bonds. The van der Waals surface area contributed by atoms with E-state index in [1.165, 1.54) is 14.1 Å². The van der Waals surface area contributed by atoms with Crippen LogP contribution in [0.15, 0.2) is 67.0 Å². The number of hydrogen-bond donors (Lipinski definition) is 2. The molecule has 3 aromatic rings. The van der Waals surface area contributed by atoms with Crippen molar-refractivity contribution in [2.75, 3.05) is 30.3 Å². The summed E-state index contributed by atoms with van der Waals surface area (Å²) in [5, 5.41) is 5.50. The number of para-hydroxylation sites is 1. The Bertz CT molecular complexity index is 1310. The van der Waals surface area contributed by atoms with Crippen molar-refractivity contribution in [1.29, 1.82) is 0 Å². The molecular formula is C25H29N5O4S. The Morgan fingerprint density at radius 3 is 2.43 bits per heavy atom. The van der Waals surface area contributed by atoms with Crippen molar-refractivity contribution < 1.29 is 18.0 Å². The smallest absolute Gasteiger partial charge is 0.304 e. The summed E-state index contributed by atoms with van der Waals surface area (Å²) < 4.78 is 28.3. The average molecular weight is 496 g/mol. The van der Waals surface area contributed by atoms with Crippen molar-refractivity contribution in [3.63, 3.8) is 0 Å². The van der Waals surface area contributed by atoms with Gasteiger partial charge in [0.05, 0.1) is 16.9 Å². The summed E-state index contributed by atoms with van der Waals surface area (Å²) in [7, 11) is -1.14. The van der Waals surface area contributed by atoms with Crippen LogP contribution in [0.3, 0.4) is 0 Å². The fourth-order valence-corrected chi connectivity index (χ4v) is 4.49. The number of rotatable bonds is 9. The molecule has 2 N–H and O–H groups in total. The maximum absolute atomic E-state index is 13.1. The van der Waals surface area contributed by atoms with E-state index in [9.17, 15) is 18.0 Å². The number of aromatic nitrogens is 1. The van der Waals surface area contributed by atoms with E-state index in [2.05, 4.69) is 15.6 Å². The van der Waals surface area contributed by atoms with Crippen molar-refractivity contribution >= 4 is 33.4 Å². The third kappa shape index (κ3) is 6.43. The first-order valence-electron chi connectivity index (χ1n) is 10.9. The fourth-order valence-electron chi connectivity index (χ4n) is 3.37. The van der Waals surface area contributed by atoms with Crippen LogP contribution in [0.5, 0.6) is 0 Å². The SMILES string of the molecule is Cc1ccc(C)c(N(CC(=O)Nc2ccccc2C(=O)NCc2cccnc2)S(=O)(=O)N(C)C)c1. The molecule has 10 heteroatoms. The highest BCUT2D eigenvalue weighted by molar-refractivity contribution is 7.90. The first-order valence-corrected chi connectivity index (χ1v) is 12.3. The summed E-state index contributed by atoms with van der Waals surface area (Å²) in [5.41, 5.74) is 3.37. The lowest BCUT2D eigenvalue weighted by Gasteiger charge is -2.28. The first kappa shape index (κ1) is 25.9. The molecule has 35 heavy (non-hydrogen) atoms. The lowest BCUT2D eigenvalue weighted by molar-refractivity contribution is -0.114. The van der Waals surface area contributed by atoms with Crippen molar-refractivity contribution in [1.82, 2.24) is 14.6 Å². The molecule has 1 heterocycles. The molecule has 0 fully saturated rings. The van der Waals surface area contributed by atoms with Crippen LogP contribution < -0.4 is 14.9 Å². The molecule has 3 rings (SSSR count). The second-order valence-electron chi connectivity index (χ2n) is 8.22. The van der Waals surface area contributed by atoms with Gasteiger partial charge in [0.1, 0.15) is 6.54 Å². The van der Waals surface area contributed by atoms with Gasteiger partial charge in [-0.25, -0.2) is 4.31 Å². The zero-order valence-corrected chi connectivity index (χ0v) is 21.0. The van der Waals surface area contributed by atoms with Crippen molar-refractivity contribution in [3.05, 3.63) is 89.2 Å². The van der Waals surface area contributed by atoms with Gasteiger partial charge in [0.15, 0.2) is 0 Å². The number of carbonyl (C=O) groups is 2. The van der Waals surface area contributed by atoms with Crippen LogP contribution in [0.4, 0.5) is 11.4 Å². The van der Waals surface area contributed by atoms with Crippen LogP contribution in [0.25, 0.3) is 0 Å².